The van der Waals surface area contributed by atoms with E-state index in [-0.39, 0.29) is 0 Å². The van der Waals surface area contributed by atoms with E-state index in [0.29, 0.717) is 5.92 Å². The van der Waals surface area contributed by atoms with Crippen molar-refractivity contribution >= 4 is 27.9 Å². The topological polar surface area (TPSA) is 4.93 Å². The second kappa shape index (κ2) is 9.75. The van der Waals surface area contributed by atoms with E-state index in [1.807, 2.05) is 0 Å². The maximum Gasteiger partial charge on any atom is 0.0547 e. The minimum Gasteiger partial charge on any atom is -0.309 e. The molecule has 6 aromatic rings. The Kier molecular flexibility index (Phi) is 5.93. The predicted octanol–water partition coefficient (Wildman–Crippen LogP) is 10.6. The minimum atomic E-state index is 0.601. The number of hydrogen-bond acceptors (Lipinski definition) is 0. The monoisotopic (exact) mass is 503 g/mol. The number of hydrogen-bond donors (Lipinski definition) is 0. The van der Waals surface area contributed by atoms with Crippen LogP contribution in [0.25, 0.3) is 55.8 Å². The van der Waals surface area contributed by atoms with Crippen LogP contribution >= 0.6 is 0 Å². The highest BCUT2D eigenvalue weighted by Crippen LogP contribution is 2.39. The lowest BCUT2D eigenvalue weighted by molar-refractivity contribution is 0.734. The number of benzene rings is 5. The molecule has 0 amide bonds. The molecule has 1 heteroatoms. The van der Waals surface area contributed by atoms with E-state index in [0.717, 1.165) is 12.8 Å². The van der Waals surface area contributed by atoms with Crippen LogP contribution in [-0.2, 0) is 6.42 Å². The quantitative estimate of drug-likeness (QED) is 0.220. The van der Waals surface area contributed by atoms with E-state index < -0.39 is 0 Å². The smallest absolute Gasteiger partial charge is 0.0547 e. The van der Waals surface area contributed by atoms with Gasteiger partial charge in [-0.05, 0) is 88.4 Å². The van der Waals surface area contributed by atoms with Crippen LogP contribution in [0.4, 0.5) is 0 Å². The molecule has 1 atom stereocenters. The summed E-state index contributed by atoms with van der Waals surface area (Å²) in [4.78, 5) is 0. The van der Waals surface area contributed by atoms with Gasteiger partial charge in [0.25, 0.3) is 0 Å². The molecular formula is C38H33N. The normalized spacial score (nSPS) is 13.6. The molecule has 0 saturated heterocycles. The highest BCUT2D eigenvalue weighted by molar-refractivity contribution is 6.14. The van der Waals surface area contributed by atoms with Gasteiger partial charge in [-0.1, -0.05) is 111 Å². The van der Waals surface area contributed by atoms with Crippen LogP contribution in [0.1, 0.15) is 49.3 Å². The number of rotatable bonds is 5. The van der Waals surface area contributed by atoms with Crippen LogP contribution in [0.2, 0.25) is 0 Å². The van der Waals surface area contributed by atoms with Crippen LogP contribution in [0, 0.1) is 0 Å². The Morgan fingerprint density at radius 2 is 1.36 bits per heavy atom. The molecule has 1 unspecified atom stereocenters. The van der Waals surface area contributed by atoms with Gasteiger partial charge in [-0.15, -0.1) is 0 Å². The Bertz CT molecular complexity index is 1820. The van der Waals surface area contributed by atoms with Crippen molar-refractivity contribution in [3.8, 4) is 27.9 Å². The molecule has 190 valence electrons. The van der Waals surface area contributed by atoms with E-state index in [9.17, 15) is 0 Å². The molecule has 5 aromatic carbocycles. The zero-order chi connectivity index (χ0) is 26.3. The highest BCUT2D eigenvalue weighted by Gasteiger charge is 2.18. The Morgan fingerprint density at radius 3 is 2.08 bits per heavy atom. The van der Waals surface area contributed by atoms with Gasteiger partial charge in [0, 0.05) is 16.5 Å². The van der Waals surface area contributed by atoms with Gasteiger partial charge in [-0.2, -0.15) is 0 Å². The number of allylic oxidation sites excluding steroid dienone is 1. The van der Waals surface area contributed by atoms with E-state index >= 15 is 0 Å². The van der Waals surface area contributed by atoms with Gasteiger partial charge in [0.2, 0.25) is 0 Å². The van der Waals surface area contributed by atoms with Gasteiger partial charge in [0.15, 0.2) is 0 Å². The van der Waals surface area contributed by atoms with Crippen LogP contribution < -0.4 is 0 Å². The molecule has 0 radical (unpaired) electrons. The summed E-state index contributed by atoms with van der Waals surface area (Å²) in [7, 11) is 0. The molecule has 1 nitrogen and oxygen atoms in total. The van der Waals surface area contributed by atoms with Gasteiger partial charge >= 0.3 is 0 Å². The van der Waals surface area contributed by atoms with E-state index in [1.165, 1.54) is 72.9 Å². The van der Waals surface area contributed by atoms with Crippen LogP contribution in [0.5, 0.6) is 0 Å². The number of nitrogens with zero attached hydrogens (tertiary/aromatic N) is 1. The Labute approximate surface area is 231 Å². The van der Waals surface area contributed by atoms with Crippen molar-refractivity contribution in [1.82, 2.24) is 4.57 Å². The van der Waals surface area contributed by atoms with Gasteiger partial charge in [-0.3, -0.25) is 0 Å². The second-order valence-corrected chi connectivity index (χ2v) is 10.9. The maximum absolute atomic E-state index is 2.43. The zero-order valence-electron chi connectivity index (χ0n) is 22.7. The van der Waals surface area contributed by atoms with Crippen LogP contribution in [-0.4, -0.2) is 4.57 Å². The van der Waals surface area contributed by atoms with E-state index in [1.54, 1.807) is 0 Å². The lowest BCUT2D eigenvalue weighted by atomic mass is 9.93. The average Bonchev–Trinajstić information content (AvgIpc) is 3.35. The molecular weight excluding hydrogens is 470 g/mol. The Hall–Kier alpha value is -4.36. The third-order valence-corrected chi connectivity index (χ3v) is 8.59. The first-order valence-corrected chi connectivity index (χ1v) is 14.2. The van der Waals surface area contributed by atoms with Gasteiger partial charge < -0.3 is 4.57 Å². The maximum atomic E-state index is 2.43. The van der Waals surface area contributed by atoms with Crippen LogP contribution in [0.15, 0.2) is 115 Å². The third kappa shape index (κ3) is 4.10. The summed E-state index contributed by atoms with van der Waals surface area (Å²) >= 11 is 0. The summed E-state index contributed by atoms with van der Waals surface area (Å²) in [5.41, 5.74) is 13.0. The minimum absolute atomic E-state index is 0.601. The fourth-order valence-corrected chi connectivity index (χ4v) is 6.16. The van der Waals surface area contributed by atoms with E-state index in [4.69, 9.17) is 0 Å². The highest BCUT2D eigenvalue weighted by atomic mass is 15.0. The van der Waals surface area contributed by atoms with Crippen molar-refractivity contribution < 1.29 is 0 Å². The summed E-state index contributed by atoms with van der Waals surface area (Å²) in [6, 6.07) is 40.5. The Balaban J connectivity index is 1.34. The lowest BCUT2D eigenvalue weighted by Crippen LogP contribution is -1.96. The van der Waals surface area contributed by atoms with Gasteiger partial charge in [0.1, 0.15) is 0 Å². The molecule has 0 saturated carbocycles. The standard InChI is InChI=1S/C38H33N/c1-3-26(2)27-13-15-28(16-14-27)29-17-19-30(20-18-29)32-21-23-35-37(25-32)39(33-10-5-4-6-11-33)36-24-22-31-9-7-8-12-34(31)38(35)36/h4-6,8,10-26H,3,7,9H2,1-2H3. The van der Waals surface area contributed by atoms with Crippen molar-refractivity contribution in [1.29, 1.82) is 0 Å². The number of aromatic nitrogens is 1. The summed E-state index contributed by atoms with van der Waals surface area (Å²) in [5.74, 6) is 0.601. The fourth-order valence-electron chi connectivity index (χ4n) is 6.16. The summed E-state index contributed by atoms with van der Waals surface area (Å²) in [5, 5.41) is 2.68. The molecule has 0 N–H and O–H groups in total. The molecule has 0 spiro atoms. The van der Waals surface area contributed by atoms with Gasteiger partial charge in [0.05, 0.1) is 11.0 Å². The molecule has 1 aliphatic rings. The molecule has 1 aliphatic carbocycles. The van der Waals surface area contributed by atoms with E-state index in [2.05, 4.69) is 140 Å². The lowest BCUT2D eigenvalue weighted by Gasteiger charge is -2.13. The van der Waals surface area contributed by atoms with Gasteiger partial charge in [-0.25, -0.2) is 0 Å². The molecule has 0 bridgehead atoms. The predicted molar refractivity (Wildman–Crippen MR) is 168 cm³/mol. The number of para-hydroxylation sites is 1. The molecule has 0 aliphatic heterocycles. The first-order chi connectivity index (χ1) is 19.2. The number of aryl methyl sites for hydroxylation is 1. The van der Waals surface area contributed by atoms with Crippen LogP contribution in [0.3, 0.4) is 0 Å². The van der Waals surface area contributed by atoms with Crippen molar-refractivity contribution in [3.05, 3.63) is 132 Å². The van der Waals surface area contributed by atoms with Crippen molar-refractivity contribution in [2.24, 2.45) is 0 Å². The molecule has 1 heterocycles. The number of fused-ring (bicyclic) bond motifs is 5. The zero-order valence-corrected chi connectivity index (χ0v) is 22.7. The molecule has 0 fully saturated rings. The molecule has 39 heavy (non-hydrogen) atoms. The van der Waals surface area contributed by atoms with Crippen molar-refractivity contribution in [3.63, 3.8) is 0 Å². The first-order valence-electron chi connectivity index (χ1n) is 14.2. The third-order valence-electron chi connectivity index (χ3n) is 8.59. The molecule has 7 rings (SSSR count). The van der Waals surface area contributed by atoms with Crippen molar-refractivity contribution in [2.75, 3.05) is 0 Å². The summed E-state index contributed by atoms with van der Waals surface area (Å²) in [6.07, 6.45) is 8.06. The SMILES string of the molecule is CCC(C)c1ccc(-c2ccc(-c3ccc4c5c6c(ccc5n(-c5ccccc5)c4c3)CCC=C6)cc2)cc1. The largest absolute Gasteiger partial charge is 0.309 e. The Morgan fingerprint density at radius 1 is 0.692 bits per heavy atom. The fraction of sp³-hybridized carbons (Fsp3) is 0.158. The second-order valence-electron chi connectivity index (χ2n) is 10.9. The summed E-state index contributed by atoms with van der Waals surface area (Å²) < 4.78 is 2.43. The average molecular weight is 504 g/mol. The van der Waals surface area contributed by atoms with Crippen molar-refractivity contribution in [2.45, 2.75) is 39.0 Å². The first kappa shape index (κ1) is 23.7. The molecule has 1 aromatic heterocycles. The summed E-state index contributed by atoms with van der Waals surface area (Å²) in [6.45, 7) is 4.54.